The van der Waals surface area contributed by atoms with Crippen molar-refractivity contribution >= 4 is 17.8 Å². The Bertz CT molecular complexity index is 905. The minimum absolute atomic E-state index is 0.0141. The zero-order valence-electron chi connectivity index (χ0n) is 17.1. The lowest BCUT2D eigenvalue weighted by atomic mass is 9.89. The van der Waals surface area contributed by atoms with Crippen molar-refractivity contribution in [3.05, 3.63) is 71.8 Å². The van der Waals surface area contributed by atoms with Gasteiger partial charge in [-0.2, -0.15) is 0 Å². The van der Waals surface area contributed by atoms with E-state index in [0.29, 0.717) is 5.56 Å². The maximum absolute atomic E-state index is 13.6. The van der Waals surface area contributed by atoms with Crippen LogP contribution in [0.15, 0.2) is 60.7 Å². The molecule has 6 heteroatoms. The van der Waals surface area contributed by atoms with Crippen molar-refractivity contribution in [1.82, 2.24) is 10.2 Å². The number of hydrogen-bond donors (Lipinski definition) is 1. The van der Waals surface area contributed by atoms with E-state index in [2.05, 4.69) is 5.32 Å². The van der Waals surface area contributed by atoms with E-state index in [4.69, 9.17) is 4.74 Å². The average Bonchev–Trinajstić information content (AvgIpc) is 2.69. The van der Waals surface area contributed by atoms with Gasteiger partial charge in [-0.25, -0.2) is 4.79 Å². The SMILES string of the molecule is CC(C)(C)NC(=O)[C@]1(C)C(=O)OC[C@H](c2ccccc2)N1C(=O)c1ccccc1. The number of morpholine rings is 1. The second-order valence-electron chi connectivity index (χ2n) is 8.34. The van der Waals surface area contributed by atoms with E-state index in [1.54, 1.807) is 30.3 Å². The normalized spacial score (nSPS) is 22.0. The number of ether oxygens (including phenoxy) is 1. The average molecular weight is 394 g/mol. The highest BCUT2D eigenvalue weighted by atomic mass is 16.5. The molecule has 3 rings (SSSR count). The molecule has 29 heavy (non-hydrogen) atoms. The number of carbonyl (C=O) groups is 3. The van der Waals surface area contributed by atoms with Gasteiger partial charge in [0, 0.05) is 11.1 Å². The van der Waals surface area contributed by atoms with Crippen LogP contribution in [-0.4, -0.2) is 40.4 Å². The highest BCUT2D eigenvalue weighted by Crippen LogP contribution is 2.36. The summed E-state index contributed by atoms with van der Waals surface area (Å²) in [6.45, 7) is 6.90. The molecule has 1 aliphatic heterocycles. The maximum atomic E-state index is 13.6. The lowest BCUT2D eigenvalue weighted by molar-refractivity contribution is -0.174. The molecule has 0 radical (unpaired) electrons. The number of nitrogens with zero attached hydrogens (tertiary/aromatic N) is 1. The van der Waals surface area contributed by atoms with Crippen LogP contribution in [0.2, 0.25) is 0 Å². The number of amides is 2. The lowest BCUT2D eigenvalue weighted by Crippen LogP contribution is -2.69. The Hall–Kier alpha value is -3.15. The quantitative estimate of drug-likeness (QED) is 0.641. The molecular weight excluding hydrogens is 368 g/mol. The molecule has 2 atom stereocenters. The topological polar surface area (TPSA) is 75.7 Å². The zero-order valence-corrected chi connectivity index (χ0v) is 17.1. The Morgan fingerprint density at radius 2 is 1.59 bits per heavy atom. The fourth-order valence-electron chi connectivity index (χ4n) is 3.43. The molecule has 1 fully saturated rings. The zero-order chi connectivity index (χ0) is 21.2. The van der Waals surface area contributed by atoms with Gasteiger partial charge in [-0.05, 0) is 45.4 Å². The number of rotatable bonds is 3. The van der Waals surface area contributed by atoms with Crippen molar-refractivity contribution < 1.29 is 19.1 Å². The first-order valence-electron chi connectivity index (χ1n) is 9.58. The molecule has 2 aromatic carbocycles. The molecule has 0 bridgehead atoms. The Balaban J connectivity index is 2.13. The Morgan fingerprint density at radius 3 is 2.14 bits per heavy atom. The first kappa shape index (κ1) is 20.6. The van der Waals surface area contributed by atoms with Gasteiger partial charge in [-0.15, -0.1) is 0 Å². The number of carbonyl (C=O) groups excluding carboxylic acids is 3. The first-order valence-corrected chi connectivity index (χ1v) is 9.58. The van der Waals surface area contributed by atoms with Crippen molar-refractivity contribution in [2.75, 3.05) is 6.61 Å². The summed E-state index contributed by atoms with van der Waals surface area (Å²) >= 11 is 0. The van der Waals surface area contributed by atoms with E-state index in [1.165, 1.54) is 11.8 Å². The first-order chi connectivity index (χ1) is 13.6. The summed E-state index contributed by atoms with van der Waals surface area (Å²) in [4.78, 5) is 41.1. The number of esters is 1. The van der Waals surface area contributed by atoms with E-state index < -0.39 is 34.9 Å². The minimum Gasteiger partial charge on any atom is -0.461 e. The Morgan fingerprint density at radius 1 is 1.03 bits per heavy atom. The molecule has 152 valence electrons. The number of hydrogen-bond acceptors (Lipinski definition) is 4. The van der Waals surface area contributed by atoms with E-state index in [0.717, 1.165) is 5.56 Å². The van der Waals surface area contributed by atoms with E-state index >= 15 is 0 Å². The number of benzene rings is 2. The van der Waals surface area contributed by atoms with Gasteiger partial charge >= 0.3 is 5.97 Å². The van der Waals surface area contributed by atoms with Gasteiger partial charge in [-0.3, -0.25) is 9.59 Å². The monoisotopic (exact) mass is 394 g/mol. The Labute approximate surface area is 170 Å². The molecule has 1 N–H and O–H groups in total. The van der Waals surface area contributed by atoms with Crippen LogP contribution in [-0.2, 0) is 14.3 Å². The van der Waals surface area contributed by atoms with E-state index in [-0.39, 0.29) is 6.61 Å². The van der Waals surface area contributed by atoms with Crippen LogP contribution in [0, 0.1) is 0 Å². The van der Waals surface area contributed by atoms with Crippen molar-refractivity contribution in [3.8, 4) is 0 Å². The molecule has 1 aliphatic rings. The standard InChI is InChI=1S/C23H26N2O4/c1-22(2,3)24-20(27)23(4)21(28)29-15-18(16-11-7-5-8-12-16)25(23)19(26)17-13-9-6-10-14-17/h5-14,18H,15H2,1-4H3,(H,24,27)/t18-,23-/m1/s1. The van der Waals surface area contributed by atoms with Gasteiger partial charge in [0.2, 0.25) is 5.54 Å². The molecular formula is C23H26N2O4. The summed E-state index contributed by atoms with van der Waals surface area (Å²) < 4.78 is 5.42. The lowest BCUT2D eigenvalue weighted by Gasteiger charge is -2.47. The van der Waals surface area contributed by atoms with Crippen LogP contribution in [0.5, 0.6) is 0 Å². The van der Waals surface area contributed by atoms with Gasteiger partial charge in [0.15, 0.2) is 0 Å². The highest BCUT2D eigenvalue weighted by Gasteiger charge is 2.56. The molecule has 1 saturated heterocycles. The van der Waals surface area contributed by atoms with Crippen LogP contribution in [0.3, 0.4) is 0 Å². The van der Waals surface area contributed by atoms with Crippen molar-refractivity contribution in [2.24, 2.45) is 0 Å². The summed E-state index contributed by atoms with van der Waals surface area (Å²) in [7, 11) is 0. The molecule has 0 aromatic heterocycles. The Kier molecular flexibility index (Phi) is 5.46. The summed E-state index contributed by atoms with van der Waals surface area (Å²) in [6, 6.07) is 17.4. The van der Waals surface area contributed by atoms with Crippen LogP contribution in [0.25, 0.3) is 0 Å². The minimum atomic E-state index is -1.81. The summed E-state index contributed by atoms with van der Waals surface area (Å²) in [5.41, 5.74) is -1.20. The fourth-order valence-corrected chi connectivity index (χ4v) is 3.43. The molecule has 2 amide bonds. The second kappa shape index (κ2) is 7.70. The summed E-state index contributed by atoms with van der Waals surface area (Å²) in [5, 5.41) is 2.83. The highest BCUT2D eigenvalue weighted by molar-refractivity contribution is 6.12. The van der Waals surface area contributed by atoms with Crippen molar-refractivity contribution in [1.29, 1.82) is 0 Å². The third kappa shape index (κ3) is 4.01. The molecule has 0 unspecified atom stereocenters. The van der Waals surface area contributed by atoms with Gasteiger partial charge < -0.3 is 15.0 Å². The number of cyclic esters (lactones) is 1. The molecule has 0 spiro atoms. The predicted molar refractivity (Wildman–Crippen MR) is 109 cm³/mol. The van der Waals surface area contributed by atoms with Gasteiger partial charge in [-0.1, -0.05) is 48.5 Å². The van der Waals surface area contributed by atoms with E-state index in [1.807, 2.05) is 51.1 Å². The van der Waals surface area contributed by atoms with Crippen molar-refractivity contribution in [2.45, 2.75) is 44.8 Å². The fraction of sp³-hybridized carbons (Fsp3) is 0.348. The second-order valence-corrected chi connectivity index (χ2v) is 8.34. The van der Waals surface area contributed by atoms with Crippen LogP contribution >= 0.6 is 0 Å². The van der Waals surface area contributed by atoms with Crippen molar-refractivity contribution in [3.63, 3.8) is 0 Å². The third-order valence-corrected chi connectivity index (χ3v) is 4.92. The number of nitrogens with one attached hydrogen (secondary N) is 1. The molecule has 1 heterocycles. The maximum Gasteiger partial charge on any atom is 0.341 e. The van der Waals surface area contributed by atoms with Crippen LogP contribution in [0.4, 0.5) is 0 Å². The van der Waals surface area contributed by atoms with Crippen LogP contribution in [0.1, 0.15) is 49.7 Å². The summed E-state index contributed by atoms with van der Waals surface area (Å²) in [5.74, 6) is -1.71. The predicted octanol–water partition coefficient (Wildman–Crippen LogP) is 3.10. The smallest absolute Gasteiger partial charge is 0.341 e. The molecule has 0 aliphatic carbocycles. The summed E-state index contributed by atoms with van der Waals surface area (Å²) in [6.07, 6.45) is 0. The van der Waals surface area contributed by atoms with Crippen LogP contribution < -0.4 is 5.32 Å². The molecule has 6 nitrogen and oxygen atoms in total. The molecule has 0 saturated carbocycles. The molecule has 2 aromatic rings. The third-order valence-electron chi connectivity index (χ3n) is 4.92. The van der Waals surface area contributed by atoms with E-state index in [9.17, 15) is 14.4 Å². The van der Waals surface area contributed by atoms with Gasteiger partial charge in [0.25, 0.3) is 11.8 Å². The largest absolute Gasteiger partial charge is 0.461 e. The van der Waals surface area contributed by atoms with Gasteiger partial charge in [0.05, 0.1) is 6.04 Å². The van der Waals surface area contributed by atoms with Gasteiger partial charge in [0.1, 0.15) is 6.61 Å².